The molecule has 23 aromatic rings. The van der Waals surface area contributed by atoms with Gasteiger partial charge in [-0.2, -0.15) is 0 Å². The second-order valence-electron chi connectivity index (χ2n) is 40.1. The monoisotopic (exact) mass is 1880 g/mol. The summed E-state index contributed by atoms with van der Waals surface area (Å²) in [4.78, 5) is 13.5. The van der Waals surface area contributed by atoms with E-state index in [0.717, 1.165) is 241 Å². The number of hydrogen-bond donors (Lipinski definition) is 0. The van der Waals surface area contributed by atoms with Crippen LogP contribution in [0.1, 0.15) is 5.56 Å². The summed E-state index contributed by atoms with van der Waals surface area (Å²) in [5.74, 6) is 1.64. The highest BCUT2D eigenvalue weighted by molar-refractivity contribution is 7.06. The van der Waals surface area contributed by atoms with Crippen molar-refractivity contribution in [1.29, 1.82) is 0 Å². The fourth-order valence-electron chi connectivity index (χ4n) is 25.2. The topological polar surface area (TPSA) is 25.4 Å². The third-order valence-electron chi connectivity index (χ3n) is 31.7. The third kappa shape index (κ3) is 13.6. The van der Waals surface area contributed by atoms with Gasteiger partial charge in [0.25, 0.3) is 20.1 Å². The Bertz CT molecular complexity index is 9090. The van der Waals surface area contributed by atoms with E-state index >= 15 is 0 Å². The second kappa shape index (κ2) is 34.1. The highest BCUT2D eigenvalue weighted by Gasteiger charge is 2.57. The van der Waals surface area contributed by atoms with Crippen LogP contribution in [-0.4, -0.2) is 20.1 Å². The first-order valence-electron chi connectivity index (χ1n) is 51.4. The number of nitrogens with zero attached hydrogens (tertiary/aromatic N) is 5. The van der Waals surface area contributed by atoms with Crippen molar-refractivity contribution in [3.8, 4) is 145 Å². The number of fused-ring (bicyclic) bond motifs is 10. The lowest BCUT2D eigenvalue weighted by Crippen LogP contribution is -2.69. The molecule has 30 rings (SSSR count). The van der Waals surface area contributed by atoms with E-state index in [1.165, 1.54) is 43.7 Å². The van der Waals surface area contributed by atoms with E-state index in [1.54, 1.807) is 0 Å². The van der Waals surface area contributed by atoms with Crippen molar-refractivity contribution < 1.29 is 4.74 Å². The maximum Gasteiger partial charge on any atom is 0.252 e. The molecule has 0 bridgehead atoms. The molecule has 0 N–H and O–H groups in total. The molecular weight excluding hydrogens is 1790 g/mol. The fraction of sp³-hybridized carbons (Fsp3) is 0.00719. The van der Waals surface area contributed by atoms with Crippen LogP contribution in [0.4, 0.5) is 85.3 Å². The molecule has 0 saturated carbocycles. The van der Waals surface area contributed by atoms with Gasteiger partial charge in [0.15, 0.2) is 11.5 Å². The van der Waals surface area contributed by atoms with Gasteiger partial charge in [0.05, 0.1) is 11.4 Å². The highest BCUT2D eigenvalue weighted by Crippen LogP contribution is 2.62. The van der Waals surface area contributed by atoms with Gasteiger partial charge in [0.1, 0.15) is 0 Å². The van der Waals surface area contributed by atoms with Crippen molar-refractivity contribution >= 4 is 155 Å². The molecule has 0 radical (unpaired) electrons. The zero-order valence-corrected chi connectivity index (χ0v) is 81.1. The number of ether oxygens (including phenoxy) is 1. The van der Waals surface area contributed by atoms with Gasteiger partial charge in [-0.1, -0.05) is 419 Å². The molecule has 0 aliphatic carbocycles. The zero-order chi connectivity index (χ0) is 97.3. The smallest absolute Gasteiger partial charge is 0.252 e. The van der Waals surface area contributed by atoms with Crippen molar-refractivity contribution in [2.45, 2.75) is 6.92 Å². The Morgan fingerprint density at radius 1 is 0.149 bits per heavy atom. The Morgan fingerprint density at radius 3 is 0.649 bits per heavy atom. The molecule has 9 heteroatoms. The summed E-state index contributed by atoms with van der Waals surface area (Å²) < 4.78 is 8.42. The van der Waals surface area contributed by atoms with Crippen LogP contribution >= 0.6 is 0 Å². The Kier molecular flexibility index (Phi) is 19.5. The molecule has 7 heterocycles. The normalized spacial score (nSPS) is 13.0. The van der Waals surface area contributed by atoms with Gasteiger partial charge in [-0.3, -0.25) is 0 Å². The highest BCUT2D eigenvalue weighted by atomic mass is 16.5. The van der Waals surface area contributed by atoms with Crippen LogP contribution in [0.25, 0.3) is 134 Å². The van der Waals surface area contributed by atoms with Crippen molar-refractivity contribution in [2.24, 2.45) is 0 Å². The lowest BCUT2D eigenvalue weighted by molar-refractivity contribution is 0.481. The molecule has 0 spiro atoms. The van der Waals surface area contributed by atoms with Crippen LogP contribution in [-0.2, 0) is 0 Å². The van der Waals surface area contributed by atoms with Crippen molar-refractivity contribution in [2.75, 3.05) is 24.5 Å². The summed E-state index contributed by atoms with van der Waals surface area (Å²) in [6.45, 7) is 1.14. The van der Waals surface area contributed by atoms with E-state index in [9.17, 15) is 0 Å². The number of rotatable bonds is 16. The quantitative estimate of drug-likeness (QED) is 0.0895. The van der Waals surface area contributed by atoms with Crippen LogP contribution < -0.4 is 78.4 Å². The van der Waals surface area contributed by atoms with E-state index in [1.807, 2.05) is 0 Å². The summed E-state index contributed by atoms with van der Waals surface area (Å²) in [5, 5.41) is 0. The van der Waals surface area contributed by atoms with Crippen LogP contribution in [0.3, 0.4) is 0 Å². The van der Waals surface area contributed by atoms with Crippen LogP contribution in [0, 0.1) is 6.92 Å². The molecule has 0 fully saturated rings. The average Bonchev–Trinajstić information content (AvgIpc) is 0.652. The summed E-state index contributed by atoms with van der Waals surface area (Å²) in [7, 11) is 0. The minimum absolute atomic E-state index is 0.347. The first-order chi connectivity index (χ1) is 73.3. The van der Waals surface area contributed by atoms with Gasteiger partial charge < -0.3 is 29.2 Å². The van der Waals surface area contributed by atoms with Crippen LogP contribution in [0.2, 0.25) is 0 Å². The standard InChI is InChI=1S/C139H90B3N5O/c1-89-70-128-132-129(71-89)145(114-80-108(96-50-26-8-27-51-96)74-109(81-114)97-52-28-9-29-53-97)126-87-127-123(86-122(126)141(132)119-67-63-103(91-40-16-3-17-41-91)85-125(119)143(128)112-76-104(92-42-18-4-19-43-92)72-105(77-112)93-44-20-5-21-45-93)142-121-69-65-117(101-60-36-13-37-61-101)139-136(121)147-135-120(68-64-116(138(135)148-139)100-58-34-12-35-59-100)140-118-66-62-102(90-38-14-2-15-39-90)84-124(118)144(113-78-106(94-46-22-6-23-47-94)73-107(79-113)95-48-24-7-25-49-95)130-88-131(134(142)137(147)133(130)140)146(127)115-82-110(98-54-30-10-31-55-98)75-111(83-115)99-56-32-11-33-57-99/h2-88H,1H3. The third-order valence-corrected chi connectivity index (χ3v) is 31.7. The SMILES string of the molecule is Cc1cc2c3c(c1)N(c1cc(-c4ccccc4)cc(-c4ccccc4)c1)c1cc4c(cc1B3c1ccc(-c3ccccc3)cc1N2c1cc(-c2ccccc2)cc(-c2ccccc2)c1)B1c2ccc(-c3ccccc3)c3c2N2c5c(ccc(-c6ccccc6)c5O3)B3c5ccc(-c6ccccc6)cc5N(c5cc(-c6ccccc6)cc(-c6ccccc6)c5)c5cc(c1c2c53)N4c1cc(-c2ccccc2)cc(-c2ccccc2)c1. The Balaban J connectivity index is 0.779. The number of aryl methyl sites for hydroxylation is 1. The second-order valence-corrected chi connectivity index (χ2v) is 40.1. The number of benzene rings is 23. The lowest BCUT2D eigenvalue weighted by Gasteiger charge is -2.53. The predicted molar refractivity (Wildman–Crippen MR) is 624 cm³/mol. The minimum atomic E-state index is -0.464. The summed E-state index contributed by atoms with van der Waals surface area (Å²) >= 11 is 0. The summed E-state index contributed by atoms with van der Waals surface area (Å²) in [6.07, 6.45) is 0. The van der Waals surface area contributed by atoms with Gasteiger partial charge in [-0.25, -0.2) is 0 Å². The van der Waals surface area contributed by atoms with Crippen molar-refractivity contribution in [3.05, 3.63) is 533 Å². The summed E-state index contributed by atoms with van der Waals surface area (Å²) in [6, 6.07) is 199. The molecule has 0 amide bonds. The number of hydrogen-bond acceptors (Lipinski definition) is 6. The van der Waals surface area contributed by atoms with Gasteiger partial charge in [0.2, 0.25) is 0 Å². The molecule has 6 nitrogen and oxygen atoms in total. The summed E-state index contributed by atoms with van der Waals surface area (Å²) in [5.41, 5.74) is 54.5. The van der Waals surface area contributed by atoms with Gasteiger partial charge in [-0.05, 0) is 293 Å². The predicted octanol–water partition coefficient (Wildman–Crippen LogP) is 30.9. The first kappa shape index (κ1) is 84.7. The molecule has 23 aromatic carbocycles. The average molecular weight is 1880 g/mol. The van der Waals surface area contributed by atoms with E-state index in [0.29, 0.717) is 0 Å². The zero-order valence-electron chi connectivity index (χ0n) is 81.1. The largest absolute Gasteiger partial charge is 0.452 e. The Hall–Kier alpha value is -18.9. The number of anilines is 15. The maximum atomic E-state index is 8.42. The molecule has 7 aliphatic heterocycles. The van der Waals surface area contributed by atoms with E-state index in [-0.39, 0.29) is 13.4 Å². The molecule has 0 unspecified atom stereocenters. The van der Waals surface area contributed by atoms with Gasteiger partial charge >= 0.3 is 0 Å². The molecule has 0 atom stereocenters. The fourth-order valence-corrected chi connectivity index (χ4v) is 25.2. The van der Waals surface area contributed by atoms with Crippen molar-refractivity contribution in [1.82, 2.24) is 0 Å². The first-order valence-corrected chi connectivity index (χ1v) is 51.4. The Labute approximate surface area is 862 Å². The van der Waals surface area contributed by atoms with E-state index in [4.69, 9.17) is 4.74 Å². The van der Waals surface area contributed by atoms with Gasteiger partial charge in [-0.15, -0.1) is 0 Å². The maximum absolute atomic E-state index is 8.42. The van der Waals surface area contributed by atoms with Gasteiger partial charge in [0, 0.05) is 85.1 Å². The molecule has 7 aliphatic rings. The van der Waals surface area contributed by atoms with Crippen LogP contribution in [0.15, 0.2) is 528 Å². The van der Waals surface area contributed by atoms with E-state index < -0.39 is 6.71 Å². The molecule has 148 heavy (non-hydrogen) atoms. The molecular formula is C139H90B3N5O. The molecule has 686 valence electrons. The van der Waals surface area contributed by atoms with E-state index in [2.05, 4.69) is 559 Å². The van der Waals surface area contributed by atoms with Crippen molar-refractivity contribution in [3.63, 3.8) is 0 Å². The Morgan fingerprint density at radius 2 is 0.372 bits per heavy atom. The lowest BCUT2D eigenvalue weighted by atomic mass is 9.27. The minimum Gasteiger partial charge on any atom is -0.452 e. The molecule has 0 aromatic heterocycles. The van der Waals surface area contributed by atoms with Crippen LogP contribution in [0.5, 0.6) is 11.5 Å². The molecule has 0 saturated heterocycles.